The van der Waals surface area contributed by atoms with Crippen LogP contribution in [-0.4, -0.2) is 0 Å². The van der Waals surface area contributed by atoms with Crippen LogP contribution in [0.1, 0.15) is 5.76 Å². The van der Waals surface area contributed by atoms with E-state index < -0.39 is 0 Å². The fourth-order valence-corrected chi connectivity index (χ4v) is 1.31. The molecule has 0 aliphatic carbocycles. The Kier molecular flexibility index (Phi) is 1.47. The van der Waals surface area contributed by atoms with Gasteiger partial charge in [-0.2, -0.15) is 0 Å². The average Bonchev–Trinajstić information content (AvgIpc) is 2.04. The van der Waals surface area contributed by atoms with Crippen molar-refractivity contribution >= 4 is 10.8 Å². The average molecular weight is 160 g/mol. The van der Waals surface area contributed by atoms with Crippen LogP contribution in [0.4, 0.5) is 0 Å². The molecule has 0 amide bonds. The predicted octanol–water partition coefficient (Wildman–Crippen LogP) is 2.10. The topological polar surface area (TPSA) is 30.2 Å². The highest BCUT2D eigenvalue weighted by Crippen LogP contribution is 2.14. The van der Waals surface area contributed by atoms with Gasteiger partial charge in [0, 0.05) is 11.5 Å². The predicted molar refractivity (Wildman–Crippen MR) is 47.2 cm³/mol. The van der Waals surface area contributed by atoms with Gasteiger partial charge in [0.05, 0.1) is 0 Å². The Balaban J connectivity index is 2.99. The van der Waals surface area contributed by atoms with E-state index in [1.54, 1.807) is 6.92 Å². The maximum absolute atomic E-state index is 10.9. The zero-order valence-corrected chi connectivity index (χ0v) is 6.70. The van der Waals surface area contributed by atoms with Crippen molar-refractivity contribution in [2.24, 2.45) is 0 Å². The third-order valence-electron chi connectivity index (χ3n) is 1.87. The first-order chi connectivity index (χ1) is 5.77. The van der Waals surface area contributed by atoms with Gasteiger partial charge < -0.3 is 4.42 Å². The van der Waals surface area contributed by atoms with Crippen LogP contribution < -0.4 is 5.63 Å². The number of hydrogen-bond acceptors (Lipinski definition) is 2. The van der Waals surface area contributed by atoms with E-state index in [0.717, 1.165) is 10.8 Å². The minimum absolute atomic E-state index is 0.286. The fourth-order valence-electron chi connectivity index (χ4n) is 1.31. The number of benzene rings is 1. The summed E-state index contributed by atoms with van der Waals surface area (Å²) < 4.78 is 4.93. The van der Waals surface area contributed by atoms with Crippen LogP contribution in [0.2, 0.25) is 0 Å². The van der Waals surface area contributed by atoms with Crippen molar-refractivity contribution in [2.45, 2.75) is 6.92 Å². The van der Waals surface area contributed by atoms with Crippen molar-refractivity contribution in [3.8, 4) is 0 Å². The molecule has 0 unspecified atom stereocenters. The van der Waals surface area contributed by atoms with Gasteiger partial charge in [-0.1, -0.05) is 24.3 Å². The first kappa shape index (κ1) is 7.10. The number of rotatable bonds is 0. The molecule has 2 rings (SSSR count). The molecule has 0 saturated heterocycles. The lowest BCUT2D eigenvalue weighted by atomic mass is 10.1. The molecule has 1 heterocycles. The minimum Gasteiger partial charge on any atom is -0.428 e. The van der Waals surface area contributed by atoms with Crippen LogP contribution in [-0.2, 0) is 0 Å². The molecule has 2 heteroatoms. The summed E-state index contributed by atoms with van der Waals surface area (Å²) in [5.74, 6) is 0.679. The van der Waals surface area contributed by atoms with Crippen LogP contribution in [0.5, 0.6) is 0 Å². The second-order valence-corrected chi connectivity index (χ2v) is 2.71. The van der Waals surface area contributed by atoms with Gasteiger partial charge in [-0.05, 0) is 12.3 Å². The fraction of sp³-hybridized carbons (Fsp3) is 0.100. The molecule has 0 aliphatic rings. The first-order valence-electron chi connectivity index (χ1n) is 3.77. The molecular weight excluding hydrogens is 152 g/mol. The van der Waals surface area contributed by atoms with E-state index in [0.29, 0.717) is 5.76 Å². The molecule has 60 valence electrons. The summed E-state index contributed by atoms with van der Waals surface area (Å²) in [6.07, 6.45) is 0. The van der Waals surface area contributed by atoms with Crippen LogP contribution in [0.3, 0.4) is 0 Å². The minimum atomic E-state index is -0.286. The summed E-state index contributed by atoms with van der Waals surface area (Å²) in [6, 6.07) is 9.17. The molecule has 2 nitrogen and oxygen atoms in total. The zero-order valence-electron chi connectivity index (χ0n) is 6.70. The van der Waals surface area contributed by atoms with E-state index in [4.69, 9.17) is 4.42 Å². The van der Waals surface area contributed by atoms with Crippen molar-refractivity contribution in [3.63, 3.8) is 0 Å². The lowest BCUT2D eigenvalue weighted by Crippen LogP contribution is -1.97. The van der Waals surface area contributed by atoms with Gasteiger partial charge in [-0.15, -0.1) is 0 Å². The van der Waals surface area contributed by atoms with Gasteiger partial charge in [0.1, 0.15) is 5.76 Å². The molecule has 0 N–H and O–H groups in total. The monoisotopic (exact) mass is 160 g/mol. The van der Waals surface area contributed by atoms with Crippen LogP contribution in [0.15, 0.2) is 39.5 Å². The maximum Gasteiger partial charge on any atom is 0.336 e. The Morgan fingerprint density at radius 3 is 2.83 bits per heavy atom. The third kappa shape index (κ3) is 1.01. The van der Waals surface area contributed by atoms with E-state index in [1.807, 2.05) is 24.3 Å². The molecule has 0 spiro atoms. The van der Waals surface area contributed by atoms with Crippen molar-refractivity contribution in [2.75, 3.05) is 0 Å². The second-order valence-electron chi connectivity index (χ2n) is 2.71. The van der Waals surface area contributed by atoms with Crippen LogP contribution >= 0.6 is 0 Å². The number of fused-ring (bicyclic) bond motifs is 1. The quantitative estimate of drug-likeness (QED) is 0.590. The standard InChI is InChI=1S/C10H8O2/c1-7-9-5-3-2-4-8(9)6-10(11)12-7/h2-6H,1H3. The van der Waals surface area contributed by atoms with Crippen molar-refractivity contribution < 1.29 is 4.42 Å². The first-order valence-corrected chi connectivity index (χ1v) is 3.77. The van der Waals surface area contributed by atoms with E-state index >= 15 is 0 Å². The van der Waals surface area contributed by atoms with Crippen molar-refractivity contribution in [1.29, 1.82) is 0 Å². The lowest BCUT2D eigenvalue weighted by molar-refractivity contribution is 0.488. The summed E-state index contributed by atoms with van der Waals surface area (Å²) in [6.45, 7) is 1.80. The van der Waals surface area contributed by atoms with E-state index in [1.165, 1.54) is 6.07 Å². The molecule has 0 radical (unpaired) electrons. The second kappa shape index (κ2) is 2.48. The Hall–Kier alpha value is -1.57. The Labute approximate surface area is 69.4 Å². The summed E-state index contributed by atoms with van der Waals surface area (Å²) in [7, 11) is 0. The van der Waals surface area contributed by atoms with E-state index in [9.17, 15) is 4.79 Å². The van der Waals surface area contributed by atoms with Gasteiger partial charge in [-0.3, -0.25) is 0 Å². The maximum atomic E-state index is 10.9. The Bertz CT molecular complexity index is 468. The lowest BCUT2D eigenvalue weighted by Gasteiger charge is -1.97. The van der Waals surface area contributed by atoms with Crippen molar-refractivity contribution in [1.82, 2.24) is 0 Å². The van der Waals surface area contributed by atoms with Crippen LogP contribution in [0, 0.1) is 6.92 Å². The van der Waals surface area contributed by atoms with Crippen LogP contribution in [0.25, 0.3) is 10.8 Å². The zero-order chi connectivity index (χ0) is 8.55. The summed E-state index contributed by atoms with van der Waals surface area (Å²) in [5.41, 5.74) is -0.286. The van der Waals surface area contributed by atoms with E-state index in [2.05, 4.69) is 0 Å². The van der Waals surface area contributed by atoms with Gasteiger partial charge >= 0.3 is 5.63 Å². The SMILES string of the molecule is Cc1oc(=O)cc2ccccc12. The molecule has 0 atom stereocenters. The molecule has 12 heavy (non-hydrogen) atoms. The molecule has 1 aromatic heterocycles. The Morgan fingerprint density at radius 2 is 2.00 bits per heavy atom. The van der Waals surface area contributed by atoms with Gasteiger partial charge in [0.15, 0.2) is 0 Å². The highest BCUT2D eigenvalue weighted by Gasteiger charge is 1.98. The summed E-state index contributed by atoms with van der Waals surface area (Å²) in [5, 5.41) is 1.93. The van der Waals surface area contributed by atoms with E-state index in [-0.39, 0.29) is 5.63 Å². The van der Waals surface area contributed by atoms with Gasteiger partial charge in [0.2, 0.25) is 0 Å². The highest BCUT2D eigenvalue weighted by molar-refractivity contribution is 5.83. The van der Waals surface area contributed by atoms with Gasteiger partial charge in [0.25, 0.3) is 0 Å². The molecule has 0 fully saturated rings. The largest absolute Gasteiger partial charge is 0.428 e. The van der Waals surface area contributed by atoms with Crippen molar-refractivity contribution in [3.05, 3.63) is 46.5 Å². The summed E-state index contributed by atoms with van der Waals surface area (Å²) >= 11 is 0. The van der Waals surface area contributed by atoms with Gasteiger partial charge in [-0.25, -0.2) is 4.79 Å². The molecular formula is C10H8O2. The smallest absolute Gasteiger partial charge is 0.336 e. The number of hydrogen-bond donors (Lipinski definition) is 0. The highest BCUT2D eigenvalue weighted by atomic mass is 16.4. The third-order valence-corrected chi connectivity index (χ3v) is 1.87. The normalized spacial score (nSPS) is 10.4. The molecule has 1 aromatic carbocycles. The molecule has 0 bridgehead atoms. The molecule has 0 saturated carbocycles. The Morgan fingerprint density at radius 1 is 1.25 bits per heavy atom. The number of aryl methyl sites for hydroxylation is 1. The summed E-state index contributed by atoms with van der Waals surface area (Å²) in [4.78, 5) is 10.9. The molecule has 0 aliphatic heterocycles. The molecule has 2 aromatic rings.